The van der Waals surface area contributed by atoms with Gasteiger partial charge in [0, 0.05) is 0 Å². The zero-order chi connectivity index (χ0) is 5.41. The molecule has 0 aromatic rings. The molecule has 0 atom stereocenters. The Hall–Kier alpha value is 2.65. The van der Waals surface area contributed by atoms with E-state index in [0.29, 0.717) is 0 Å². The number of halogens is 4. The summed E-state index contributed by atoms with van der Waals surface area (Å²) in [6, 6.07) is 0. The quantitative estimate of drug-likeness (QED) is 0.492. The van der Waals surface area contributed by atoms with Gasteiger partial charge in [0.15, 0.2) is 0 Å². The monoisotopic (exact) mass is 455 g/mol. The van der Waals surface area contributed by atoms with E-state index in [1.807, 2.05) is 0 Å². The summed E-state index contributed by atoms with van der Waals surface area (Å²) in [6.45, 7) is 0. The van der Waals surface area contributed by atoms with Crippen LogP contribution in [0.15, 0.2) is 0 Å². The molecule has 6 heavy (non-hydrogen) atoms. The summed E-state index contributed by atoms with van der Waals surface area (Å²) in [7, 11) is 19.6. The maximum atomic E-state index is 4.93. The van der Waals surface area contributed by atoms with Gasteiger partial charge in [-0.15, -0.1) is 0 Å². The number of hydrogen-bond donors (Lipinski definition) is 0. The van der Waals surface area contributed by atoms with Crippen LogP contribution in [0.3, 0.4) is 0 Å². The van der Waals surface area contributed by atoms with Crippen molar-refractivity contribution in [1.29, 1.82) is 0 Å². The van der Waals surface area contributed by atoms with Crippen molar-refractivity contribution in [2.45, 2.75) is 0 Å². The second kappa shape index (κ2) is 15.6. The van der Waals surface area contributed by atoms with Gasteiger partial charge in [-0.25, -0.2) is 0 Å². The Kier molecular flexibility index (Phi) is 29.8. The van der Waals surface area contributed by atoms with Gasteiger partial charge in [0.25, 0.3) is 0 Å². The SMILES string of the molecule is [Cl][Pt][Cl].[Cl][Sn][Cl]. The molecule has 0 nitrogen and oxygen atoms in total. The van der Waals surface area contributed by atoms with E-state index in [2.05, 4.69) is 0 Å². The summed E-state index contributed by atoms with van der Waals surface area (Å²) < 4.78 is 0. The Bertz CT molecular complexity index is 9.51. The average molecular weight is 456 g/mol. The van der Waals surface area contributed by atoms with Gasteiger partial charge in [0.1, 0.15) is 0 Å². The first-order valence-electron chi connectivity index (χ1n) is 0.617. The van der Waals surface area contributed by atoms with E-state index in [1.54, 1.807) is 0 Å². The molecule has 0 N–H and O–H groups in total. The van der Waals surface area contributed by atoms with E-state index in [-0.39, 0.29) is 0 Å². The number of hydrogen-bond acceptors (Lipinski definition) is 0. The van der Waals surface area contributed by atoms with Crippen LogP contribution in [-0.4, -0.2) is 18.9 Å². The van der Waals surface area contributed by atoms with E-state index in [4.69, 9.17) is 36.7 Å². The van der Waals surface area contributed by atoms with E-state index in [0.717, 1.165) is 0 Å². The van der Waals surface area contributed by atoms with Gasteiger partial charge in [-0.05, 0) is 0 Å². The van der Waals surface area contributed by atoms with Crippen LogP contribution in [0.4, 0.5) is 0 Å². The summed E-state index contributed by atoms with van der Waals surface area (Å²) in [4.78, 5) is 0. The Balaban J connectivity index is 0. The van der Waals surface area contributed by atoms with Gasteiger partial charge in [-0.2, -0.15) is 0 Å². The Morgan fingerprint density at radius 2 is 1.17 bits per heavy atom. The first-order valence-corrected chi connectivity index (χ1v) is 13.5. The van der Waals surface area contributed by atoms with E-state index < -0.39 is 35.4 Å². The molecule has 0 aliphatic heterocycles. The summed E-state index contributed by atoms with van der Waals surface area (Å²) in [5.41, 5.74) is 0. The van der Waals surface area contributed by atoms with Crippen molar-refractivity contribution in [3.05, 3.63) is 0 Å². The minimum absolute atomic E-state index is 0.472. The van der Waals surface area contributed by atoms with Crippen molar-refractivity contribution in [1.82, 2.24) is 0 Å². The van der Waals surface area contributed by atoms with E-state index in [9.17, 15) is 0 Å². The zero-order valence-corrected chi connectivity index (χ0v) is 10.5. The fourth-order valence-corrected chi connectivity index (χ4v) is 0. The molecule has 0 heterocycles. The van der Waals surface area contributed by atoms with Crippen LogP contribution in [0.25, 0.3) is 0 Å². The molecule has 0 spiro atoms. The van der Waals surface area contributed by atoms with E-state index >= 15 is 0 Å². The Morgan fingerprint density at radius 1 is 1.17 bits per heavy atom. The first kappa shape index (κ1) is 11.4. The van der Waals surface area contributed by atoms with Crippen molar-refractivity contribution in [3.8, 4) is 0 Å². The van der Waals surface area contributed by atoms with Gasteiger partial charge < -0.3 is 0 Å². The topological polar surface area (TPSA) is 0 Å². The second-order valence-corrected chi connectivity index (χ2v) is 7.64. The molecule has 0 fully saturated rings. The van der Waals surface area contributed by atoms with Crippen molar-refractivity contribution >= 4 is 55.6 Å². The van der Waals surface area contributed by atoms with Crippen LogP contribution in [0.5, 0.6) is 0 Å². The standard InChI is InChI=1S/4ClH.Pt.Sn/h4*1H;;/q;;;;2*+2/p-4. The van der Waals surface area contributed by atoms with Crippen LogP contribution in [0.2, 0.25) is 0 Å². The fourth-order valence-electron chi connectivity index (χ4n) is 0. The molecule has 0 saturated heterocycles. The summed E-state index contributed by atoms with van der Waals surface area (Å²) >= 11 is -1.30. The van der Waals surface area contributed by atoms with Crippen LogP contribution < -0.4 is 0 Å². The normalized spacial score (nSPS) is 6.67. The molecule has 0 aliphatic carbocycles. The molecule has 0 unspecified atom stereocenters. The van der Waals surface area contributed by atoms with Crippen LogP contribution in [0.1, 0.15) is 0 Å². The maximum absolute atomic E-state index is 4.93. The molecular formula is Cl4PtSn. The van der Waals surface area contributed by atoms with Gasteiger partial charge in [0.2, 0.25) is 0 Å². The molecule has 0 amide bonds. The third-order valence-corrected chi connectivity index (χ3v) is 0. The molecular weight excluding hydrogens is 456 g/mol. The molecule has 0 aromatic carbocycles. The molecule has 0 aliphatic rings. The molecule has 6 heteroatoms. The molecule has 42 valence electrons. The van der Waals surface area contributed by atoms with Crippen molar-refractivity contribution in [2.24, 2.45) is 0 Å². The summed E-state index contributed by atoms with van der Waals surface area (Å²) in [6.07, 6.45) is 0. The van der Waals surface area contributed by atoms with Crippen LogP contribution in [-0.2, 0) is 16.5 Å². The fraction of sp³-hybridized carbons (Fsp3) is 0. The predicted octanol–water partition coefficient (Wildman–Crippen LogP) is 2.37. The predicted molar refractivity (Wildman–Crippen MR) is 29.2 cm³/mol. The van der Waals surface area contributed by atoms with Crippen molar-refractivity contribution in [2.75, 3.05) is 0 Å². The molecule has 0 bridgehead atoms. The summed E-state index contributed by atoms with van der Waals surface area (Å²) in [5, 5.41) is 0. The van der Waals surface area contributed by atoms with Gasteiger partial charge in [0.05, 0.1) is 0 Å². The Morgan fingerprint density at radius 3 is 1.17 bits per heavy atom. The average Bonchev–Trinajstić information content (AvgIpc) is 1.39. The molecule has 0 aromatic heterocycles. The zero-order valence-electron chi connectivity index (χ0n) is 2.33. The van der Waals surface area contributed by atoms with Gasteiger partial charge in [-0.1, -0.05) is 0 Å². The molecule has 0 saturated carbocycles. The van der Waals surface area contributed by atoms with Crippen molar-refractivity contribution < 1.29 is 16.5 Å². The van der Waals surface area contributed by atoms with Gasteiger partial charge >= 0.3 is 72.0 Å². The van der Waals surface area contributed by atoms with Crippen LogP contribution in [0, 0.1) is 0 Å². The molecule has 2 radical (unpaired) electrons. The molecule has 0 rings (SSSR count). The first-order chi connectivity index (χ1) is 2.83. The van der Waals surface area contributed by atoms with E-state index in [1.165, 1.54) is 0 Å². The van der Waals surface area contributed by atoms with Crippen LogP contribution >= 0.6 is 36.7 Å². The Labute approximate surface area is 70.9 Å². The minimum atomic E-state index is -0.826. The van der Waals surface area contributed by atoms with Crippen molar-refractivity contribution in [3.63, 3.8) is 0 Å². The number of rotatable bonds is 0. The summed E-state index contributed by atoms with van der Waals surface area (Å²) in [5.74, 6) is 0. The third-order valence-electron chi connectivity index (χ3n) is 0. The second-order valence-electron chi connectivity index (χ2n) is 0.117. The third kappa shape index (κ3) is 30.3. The van der Waals surface area contributed by atoms with Gasteiger partial charge in [-0.3, -0.25) is 0 Å².